The van der Waals surface area contributed by atoms with Gasteiger partial charge in [-0.25, -0.2) is 9.78 Å². The molecule has 0 aliphatic carbocycles. The van der Waals surface area contributed by atoms with E-state index >= 15 is 0 Å². The van der Waals surface area contributed by atoms with Crippen molar-refractivity contribution in [2.45, 2.75) is 11.5 Å². The number of halogens is 4. The molecule has 0 saturated heterocycles. The van der Waals surface area contributed by atoms with Crippen molar-refractivity contribution in [1.82, 2.24) is 4.98 Å². The maximum absolute atomic E-state index is 12.2. The fourth-order valence-electron chi connectivity index (χ4n) is 0.759. The summed E-state index contributed by atoms with van der Waals surface area (Å²) in [5, 5.41) is 8.69. The third-order valence-electron chi connectivity index (χ3n) is 1.25. The van der Waals surface area contributed by atoms with Crippen LogP contribution in [0.25, 0.3) is 0 Å². The fraction of sp³-hybridized carbons (Fsp3) is 0.333. The Labute approximate surface area is 88.7 Å². The van der Waals surface area contributed by atoms with Gasteiger partial charge >= 0.3 is 12.1 Å². The Kier molecular flexibility index (Phi) is 3.15. The Bertz CT molecular complexity index is 362. The number of hydrogen-bond acceptors (Lipinski definition) is 3. The number of aromatic carboxylic acids is 1. The van der Waals surface area contributed by atoms with Crippen LogP contribution in [0.1, 0.15) is 20.4 Å². The van der Waals surface area contributed by atoms with Gasteiger partial charge in [-0.15, -0.1) is 11.3 Å². The summed E-state index contributed by atoms with van der Waals surface area (Å²) in [6, 6.07) is 0. The molecule has 1 heterocycles. The molecule has 14 heavy (non-hydrogen) atoms. The second-order valence-corrected chi connectivity index (χ2v) is 3.87. The third-order valence-corrected chi connectivity index (χ3v) is 3.19. The van der Waals surface area contributed by atoms with E-state index < -0.39 is 22.7 Å². The average Bonchev–Trinajstić information content (AvgIpc) is 2.46. The Morgan fingerprint density at radius 1 is 1.57 bits per heavy atom. The lowest BCUT2D eigenvalue weighted by Gasteiger charge is -2.02. The highest BCUT2D eigenvalue weighted by molar-refractivity contribution is 9.08. The van der Waals surface area contributed by atoms with Gasteiger partial charge in [0.1, 0.15) is 9.88 Å². The van der Waals surface area contributed by atoms with Crippen LogP contribution in [0.4, 0.5) is 13.2 Å². The number of alkyl halides is 4. The van der Waals surface area contributed by atoms with E-state index in [-0.39, 0.29) is 10.3 Å². The lowest BCUT2D eigenvalue weighted by atomic mass is 10.3. The number of carboxylic acids is 1. The van der Waals surface area contributed by atoms with Crippen molar-refractivity contribution in [1.29, 1.82) is 0 Å². The number of nitrogens with zero attached hydrogens (tertiary/aromatic N) is 1. The van der Waals surface area contributed by atoms with Crippen molar-refractivity contribution < 1.29 is 23.1 Å². The molecule has 0 fully saturated rings. The first kappa shape index (κ1) is 11.4. The van der Waals surface area contributed by atoms with Crippen LogP contribution in [0, 0.1) is 0 Å². The number of thiazole rings is 1. The average molecular weight is 290 g/mol. The molecule has 1 aromatic rings. The molecule has 0 amide bonds. The molecule has 0 bridgehead atoms. The normalized spacial score (nSPS) is 11.7. The van der Waals surface area contributed by atoms with E-state index in [1.807, 2.05) is 0 Å². The fourth-order valence-corrected chi connectivity index (χ4v) is 2.00. The lowest BCUT2D eigenvalue weighted by Crippen LogP contribution is -2.11. The summed E-state index contributed by atoms with van der Waals surface area (Å²) in [7, 11) is 0. The predicted molar refractivity (Wildman–Crippen MR) is 46.7 cm³/mol. The Morgan fingerprint density at radius 3 is 2.43 bits per heavy atom. The van der Waals surface area contributed by atoms with Gasteiger partial charge in [0.25, 0.3) is 0 Å². The molecular formula is C6H3BrF3NO2S. The molecule has 3 nitrogen and oxygen atoms in total. The van der Waals surface area contributed by atoms with Gasteiger partial charge in [0, 0.05) is 0 Å². The van der Waals surface area contributed by atoms with Gasteiger partial charge in [-0.3, -0.25) is 0 Å². The molecule has 0 aliphatic heterocycles. The first-order valence-corrected chi connectivity index (χ1v) is 5.16. The zero-order valence-corrected chi connectivity index (χ0v) is 8.83. The number of rotatable bonds is 2. The highest BCUT2D eigenvalue weighted by Crippen LogP contribution is 2.34. The van der Waals surface area contributed by atoms with Gasteiger partial charge in [-0.05, 0) is 0 Å². The zero-order chi connectivity index (χ0) is 10.9. The molecule has 0 aliphatic rings. The van der Waals surface area contributed by atoms with Gasteiger partial charge in [0.2, 0.25) is 0 Å². The van der Waals surface area contributed by atoms with Crippen LogP contribution >= 0.6 is 27.3 Å². The SMILES string of the molecule is O=C(O)c1sc(CBr)nc1C(F)(F)F. The van der Waals surface area contributed by atoms with E-state index in [9.17, 15) is 18.0 Å². The highest BCUT2D eigenvalue weighted by atomic mass is 79.9. The molecule has 1 rings (SSSR count). The molecule has 0 radical (unpaired) electrons. The van der Waals surface area contributed by atoms with Crippen LogP contribution in [-0.2, 0) is 11.5 Å². The molecule has 0 aromatic carbocycles. The zero-order valence-electron chi connectivity index (χ0n) is 6.43. The first-order valence-electron chi connectivity index (χ1n) is 3.22. The molecule has 0 spiro atoms. The summed E-state index contributed by atoms with van der Waals surface area (Å²) in [6.45, 7) is 0. The van der Waals surface area contributed by atoms with E-state index in [2.05, 4.69) is 20.9 Å². The summed E-state index contributed by atoms with van der Waals surface area (Å²) in [4.78, 5) is 12.9. The summed E-state index contributed by atoms with van der Waals surface area (Å²) < 4.78 is 36.7. The number of carbonyl (C=O) groups is 1. The van der Waals surface area contributed by atoms with Crippen LogP contribution in [0.15, 0.2) is 0 Å². The Morgan fingerprint density at radius 2 is 2.14 bits per heavy atom. The molecule has 8 heteroatoms. The molecule has 78 valence electrons. The Hall–Kier alpha value is -0.630. The molecular weight excluding hydrogens is 287 g/mol. The third kappa shape index (κ3) is 2.24. The van der Waals surface area contributed by atoms with E-state index in [1.54, 1.807) is 0 Å². The first-order chi connectivity index (χ1) is 6.36. The van der Waals surface area contributed by atoms with E-state index in [1.165, 1.54) is 0 Å². The van der Waals surface area contributed by atoms with Crippen molar-refractivity contribution in [3.05, 3.63) is 15.6 Å². The summed E-state index contributed by atoms with van der Waals surface area (Å²) in [5.41, 5.74) is -1.33. The van der Waals surface area contributed by atoms with Crippen LogP contribution in [0.3, 0.4) is 0 Å². The standard InChI is InChI=1S/C6H3BrF3NO2S/c7-1-2-11-4(6(8,9)10)3(14-2)5(12)13/h1H2,(H,12,13). The van der Waals surface area contributed by atoms with E-state index in [0.717, 1.165) is 0 Å². The summed E-state index contributed by atoms with van der Waals surface area (Å²) >= 11 is 3.43. The predicted octanol–water partition coefficient (Wildman–Crippen LogP) is 2.75. The Balaban J connectivity index is 3.26. The molecule has 0 saturated carbocycles. The van der Waals surface area contributed by atoms with Crippen molar-refractivity contribution in [3.63, 3.8) is 0 Å². The van der Waals surface area contributed by atoms with E-state index in [0.29, 0.717) is 11.3 Å². The highest BCUT2D eigenvalue weighted by Gasteiger charge is 2.39. The largest absolute Gasteiger partial charge is 0.477 e. The van der Waals surface area contributed by atoms with Gasteiger partial charge in [-0.1, -0.05) is 15.9 Å². The lowest BCUT2D eigenvalue weighted by molar-refractivity contribution is -0.141. The monoisotopic (exact) mass is 289 g/mol. The van der Waals surface area contributed by atoms with Crippen LogP contribution in [0.2, 0.25) is 0 Å². The van der Waals surface area contributed by atoms with Crippen molar-refractivity contribution in [3.8, 4) is 0 Å². The van der Waals surface area contributed by atoms with Crippen molar-refractivity contribution in [2.75, 3.05) is 0 Å². The van der Waals surface area contributed by atoms with Gasteiger partial charge < -0.3 is 5.11 Å². The second kappa shape index (κ2) is 3.85. The summed E-state index contributed by atoms with van der Waals surface area (Å²) in [6.07, 6.45) is -4.72. The smallest absolute Gasteiger partial charge is 0.435 e. The maximum Gasteiger partial charge on any atom is 0.435 e. The minimum Gasteiger partial charge on any atom is -0.477 e. The molecule has 0 unspecified atom stereocenters. The van der Waals surface area contributed by atoms with Gasteiger partial charge in [0.15, 0.2) is 5.69 Å². The molecule has 0 atom stereocenters. The minimum absolute atomic E-state index is 0.0923. The van der Waals surface area contributed by atoms with Crippen molar-refractivity contribution >= 4 is 33.2 Å². The molecule has 1 aromatic heterocycles. The number of hydrogen-bond donors (Lipinski definition) is 1. The topological polar surface area (TPSA) is 50.2 Å². The van der Waals surface area contributed by atoms with Crippen LogP contribution in [-0.4, -0.2) is 16.1 Å². The summed E-state index contributed by atoms with van der Waals surface area (Å²) in [5.74, 6) is -1.61. The quantitative estimate of drug-likeness (QED) is 0.852. The van der Waals surface area contributed by atoms with Gasteiger partial charge in [0.05, 0.1) is 5.33 Å². The number of carboxylic acid groups (broad SMARTS) is 1. The minimum atomic E-state index is -4.72. The van der Waals surface area contributed by atoms with Crippen molar-refractivity contribution in [2.24, 2.45) is 0 Å². The van der Waals surface area contributed by atoms with Crippen LogP contribution < -0.4 is 0 Å². The second-order valence-electron chi connectivity index (χ2n) is 2.22. The van der Waals surface area contributed by atoms with Gasteiger partial charge in [-0.2, -0.15) is 13.2 Å². The maximum atomic E-state index is 12.2. The number of aromatic nitrogens is 1. The van der Waals surface area contributed by atoms with Crippen LogP contribution in [0.5, 0.6) is 0 Å². The van der Waals surface area contributed by atoms with E-state index in [4.69, 9.17) is 5.11 Å². The molecule has 1 N–H and O–H groups in total.